The standard InChI is InChI=1S/C8H9BrN2O5/c9-3-2-11(8(15)10-6(3)13)5-1-4(12)7(14)16-5/h2,4-5,7,12,14H,1H2,(H,10,13,15). The third-order valence-electron chi connectivity index (χ3n) is 2.30. The third-order valence-corrected chi connectivity index (χ3v) is 2.87. The van der Waals surface area contributed by atoms with Gasteiger partial charge in [0, 0.05) is 12.6 Å². The van der Waals surface area contributed by atoms with Crippen LogP contribution in [0.2, 0.25) is 0 Å². The second-order valence-corrected chi connectivity index (χ2v) is 4.28. The Labute approximate surface area is 97.4 Å². The highest BCUT2D eigenvalue weighted by Crippen LogP contribution is 2.26. The maximum absolute atomic E-state index is 11.4. The molecular weight excluding hydrogens is 284 g/mol. The fourth-order valence-corrected chi connectivity index (χ4v) is 1.80. The van der Waals surface area contributed by atoms with Crippen molar-refractivity contribution in [2.24, 2.45) is 0 Å². The lowest BCUT2D eigenvalue weighted by Crippen LogP contribution is -2.32. The van der Waals surface area contributed by atoms with Crippen molar-refractivity contribution in [3.05, 3.63) is 31.5 Å². The Morgan fingerprint density at radius 3 is 2.75 bits per heavy atom. The zero-order valence-corrected chi connectivity index (χ0v) is 9.55. The molecule has 3 atom stereocenters. The zero-order valence-electron chi connectivity index (χ0n) is 7.96. The van der Waals surface area contributed by atoms with Crippen molar-refractivity contribution in [1.82, 2.24) is 9.55 Å². The molecule has 88 valence electrons. The topological polar surface area (TPSA) is 105 Å². The highest BCUT2D eigenvalue weighted by molar-refractivity contribution is 9.10. The summed E-state index contributed by atoms with van der Waals surface area (Å²) in [5.74, 6) is 0. The smallest absolute Gasteiger partial charge is 0.330 e. The van der Waals surface area contributed by atoms with Gasteiger partial charge in [0.1, 0.15) is 12.3 Å². The second-order valence-electron chi connectivity index (χ2n) is 3.43. The number of ether oxygens (including phenoxy) is 1. The van der Waals surface area contributed by atoms with Gasteiger partial charge in [-0.15, -0.1) is 0 Å². The van der Waals surface area contributed by atoms with Crippen LogP contribution in [0.15, 0.2) is 20.3 Å². The summed E-state index contributed by atoms with van der Waals surface area (Å²) in [5, 5.41) is 18.4. The van der Waals surface area contributed by atoms with Gasteiger partial charge in [-0.05, 0) is 15.9 Å². The minimum absolute atomic E-state index is 0.0829. The molecule has 0 aliphatic carbocycles. The third kappa shape index (κ3) is 1.96. The average molecular weight is 293 g/mol. The predicted molar refractivity (Wildman–Crippen MR) is 55.8 cm³/mol. The molecule has 2 heterocycles. The molecule has 2 rings (SSSR count). The zero-order chi connectivity index (χ0) is 11.9. The molecule has 1 saturated heterocycles. The Hall–Kier alpha value is -0.960. The molecule has 1 aliphatic heterocycles. The molecule has 3 N–H and O–H groups in total. The maximum atomic E-state index is 11.4. The van der Waals surface area contributed by atoms with Crippen LogP contribution >= 0.6 is 15.9 Å². The monoisotopic (exact) mass is 292 g/mol. The van der Waals surface area contributed by atoms with Crippen molar-refractivity contribution < 1.29 is 14.9 Å². The number of hydrogen-bond acceptors (Lipinski definition) is 5. The lowest BCUT2D eigenvalue weighted by Gasteiger charge is -2.12. The molecule has 1 aromatic rings. The molecule has 1 aromatic heterocycles. The van der Waals surface area contributed by atoms with E-state index in [1.807, 2.05) is 0 Å². The molecule has 7 nitrogen and oxygen atoms in total. The largest absolute Gasteiger partial charge is 0.388 e. The fourth-order valence-electron chi connectivity index (χ4n) is 1.48. The highest BCUT2D eigenvalue weighted by atomic mass is 79.9. The summed E-state index contributed by atoms with van der Waals surface area (Å²) in [5.41, 5.74) is -1.19. The highest BCUT2D eigenvalue weighted by Gasteiger charge is 2.34. The molecule has 1 aliphatic rings. The number of hydrogen-bond donors (Lipinski definition) is 3. The molecule has 0 spiro atoms. The number of nitrogens with zero attached hydrogens (tertiary/aromatic N) is 1. The molecule has 0 aromatic carbocycles. The van der Waals surface area contributed by atoms with Crippen molar-refractivity contribution in [3.8, 4) is 0 Å². The first-order valence-corrected chi connectivity index (χ1v) is 5.31. The van der Waals surface area contributed by atoms with Crippen molar-refractivity contribution in [1.29, 1.82) is 0 Å². The van der Waals surface area contributed by atoms with Crippen LogP contribution in [0.5, 0.6) is 0 Å². The molecule has 0 radical (unpaired) electrons. The minimum atomic E-state index is -1.32. The van der Waals surface area contributed by atoms with E-state index in [1.54, 1.807) is 0 Å². The lowest BCUT2D eigenvalue weighted by molar-refractivity contribution is -0.142. The van der Waals surface area contributed by atoms with Crippen LogP contribution < -0.4 is 11.2 Å². The first-order chi connectivity index (χ1) is 7.49. The Kier molecular flexibility index (Phi) is 2.98. The number of halogens is 1. The van der Waals surface area contributed by atoms with E-state index in [9.17, 15) is 19.8 Å². The molecule has 8 heteroatoms. The maximum Gasteiger partial charge on any atom is 0.330 e. The molecule has 0 amide bonds. The van der Waals surface area contributed by atoms with Crippen LogP contribution in [0.3, 0.4) is 0 Å². The van der Waals surface area contributed by atoms with Crippen molar-refractivity contribution >= 4 is 15.9 Å². The quantitative estimate of drug-likeness (QED) is 0.609. The van der Waals surface area contributed by atoms with Gasteiger partial charge in [0.15, 0.2) is 6.29 Å². The summed E-state index contributed by atoms with van der Waals surface area (Å²) >= 11 is 2.97. The van der Waals surface area contributed by atoms with Gasteiger partial charge < -0.3 is 14.9 Å². The summed E-state index contributed by atoms with van der Waals surface area (Å²) in [4.78, 5) is 24.6. The second kappa shape index (κ2) is 4.13. The molecule has 16 heavy (non-hydrogen) atoms. The van der Waals surface area contributed by atoms with Crippen LogP contribution in [-0.2, 0) is 4.74 Å². The number of rotatable bonds is 1. The van der Waals surface area contributed by atoms with Crippen LogP contribution in [0.4, 0.5) is 0 Å². The van der Waals surface area contributed by atoms with E-state index in [1.165, 1.54) is 6.20 Å². The van der Waals surface area contributed by atoms with Gasteiger partial charge >= 0.3 is 5.69 Å². The summed E-state index contributed by atoms with van der Waals surface area (Å²) in [6, 6.07) is 0. The van der Waals surface area contributed by atoms with Gasteiger partial charge in [0.25, 0.3) is 5.56 Å². The molecule has 0 saturated carbocycles. The Bertz CT molecular complexity index is 500. The lowest BCUT2D eigenvalue weighted by atomic mass is 10.3. The Morgan fingerprint density at radius 2 is 2.19 bits per heavy atom. The van der Waals surface area contributed by atoms with Gasteiger partial charge in [-0.2, -0.15) is 0 Å². The van der Waals surface area contributed by atoms with Crippen molar-refractivity contribution in [2.45, 2.75) is 25.0 Å². The number of aromatic nitrogens is 2. The molecule has 3 unspecified atom stereocenters. The van der Waals surface area contributed by atoms with E-state index in [0.717, 1.165) is 4.57 Å². The summed E-state index contributed by atoms with van der Waals surface area (Å²) in [7, 11) is 0. The van der Waals surface area contributed by atoms with Gasteiger partial charge in [0.2, 0.25) is 0 Å². The molecular formula is C8H9BrN2O5. The normalized spacial score (nSPS) is 29.6. The van der Waals surface area contributed by atoms with Gasteiger partial charge in [-0.25, -0.2) is 4.79 Å². The fraction of sp³-hybridized carbons (Fsp3) is 0.500. The Balaban J connectivity index is 2.39. The van der Waals surface area contributed by atoms with E-state index in [2.05, 4.69) is 20.9 Å². The van der Waals surface area contributed by atoms with Crippen LogP contribution in [0.1, 0.15) is 12.6 Å². The first kappa shape index (κ1) is 11.5. The number of aliphatic hydroxyl groups excluding tert-OH is 2. The average Bonchev–Trinajstić information content (AvgIpc) is 2.53. The van der Waals surface area contributed by atoms with E-state index in [0.29, 0.717) is 0 Å². The Morgan fingerprint density at radius 1 is 1.50 bits per heavy atom. The van der Waals surface area contributed by atoms with E-state index < -0.39 is 29.9 Å². The van der Waals surface area contributed by atoms with Crippen LogP contribution in [0.25, 0.3) is 0 Å². The van der Waals surface area contributed by atoms with E-state index in [4.69, 9.17) is 4.74 Å². The minimum Gasteiger partial charge on any atom is -0.388 e. The molecule has 0 bridgehead atoms. The summed E-state index contributed by atoms with van der Waals surface area (Å²) < 4.78 is 6.24. The molecule has 1 fully saturated rings. The first-order valence-electron chi connectivity index (χ1n) is 4.51. The van der Waals surface area contributed by atoms with Gasteiger partial charge in [-0.3, -0.25) is 14.3 Å². The number of aromatic amines is 1. The van der Waals surface area contributed by atoms with Crippen LogP contribution in [0, 0.1) is 0 Å². The number of aliphatic hydroxyl groups is 2. The van der Waals surface area contributed by atoms with E-state index in [-0.39, 0.29) is 10.9 Å². The summed E-state index contributed by atoms with van der Waals surface area (Å²) in [6.07, 6.45) is -1.80. The SMILES string of the molecule is O=c1[nH]c(=O)n(C2CC(O)C(O)O2)cc1Br. The van der Waals surface area contributed by atoms with Gasteiger partial charge in [0.05, 0.1) is 4.47 Å². The number of H-pyrrole nitrogens is 1. The number of nitrogens with one attached hydrogen (secondary N) is 1. The van der Waals surface area contributed by atoms with Crippen LogP contribution in [-0.4, -0.2) is 32.2 Å². The van der Waals surface area contributed by atoms with Crippen molar-refractivity contribution in [3.63, 3.8) is 0 Å². The summed E-state index contributed by atoms with van der Waals surface area (Å²) in [6.45, 7) is 0. The predicted octanol–water partition coefficient (Wildman–Crippen LogP) is -1.10. The van der Waals surface area contributed by atoms with Crippen molar-refractivity contribution in [2.75, 3.05) is 0 Å². The van der Waals surface area contributed by atoms with E-state index >= 15 is 0 Å². The van der Waals surface area contributed by atoms with Gasteiger partial charge in [-0.1, -0.05) is 0 Å².